The highest BCUT2D eigenvalue weighted by Crippen LogP contribution is 2.33. The van der Waals surface area contributed by atoms with E-state index in [1.54, 1.807) is 0 Å². The zero-order valence-electron chi connectivity index (χ0n) is 10.4. The molecule has 0 aliphatic heterocycles. The summed E-state index contributed by atoms with van der Waals surface area (Å²) in [6.45, 7) is 1.50. The van der Waals surface area contributed by atoms with Crippen LogP contribution in [-0.2, 0) is 0 Å². The van der Waals surface area contributed by atoms with Crippen LogP contribution < -0.4 is 0 Å². The van der Waals surface area contributed by atoms with Crippen LogP contribution in [0.4, 0.5) is 0 Å². The molecule has 4 aromatic rings. The van der Waals surface area contributed by atoms with Gasteiger partial charge in [-0.1, -0.05) is 67.5 Å². The van der Waals surface area contributed by atoms with E-state index in [0.717, 1.165) is 0 Å². The summed E-state index contributed by atoms with van der Waals surface area (Å²) in [6.07, 6.45) is 0. The molecule has 0 fully saturated rings. The molecule has 0 saturated carbocycles. The number of hydrogen-bond acceptors (Lipinski definition) is 0. The fraction of sp³-hybridized carbons (Fsp3) is 0.0588. The summed E-state index contributed by atoms with van der Waals surface area (Å²) in [5, 5.41) is 8.14. The first kappa shape index (κ1) is 11.1. The topological polar surface area (TPSA) is 0 Å². The fourth-order valence-electron chi connectivity index (χ4n) is 2.67. The molecule has 4 aromatic carbocycles. The highest BCUT2D eigenvalue weighted by atomic mass is 14.1. The third-order valence-corrected chi connectivity index (χ3v) is 3.39. The molecule has 0 atom stereocenters. The average Bonchev–Trinajstić information content (AvgIpc) is 2.47. The van der Waals surface area contributed by atoms with E-state index in [1.807, 2.05) is 0 Å². The van der Waals surface area contributed by atoms with E-state index in [-0.39, 0.29) is 0 Å². The summed E-state index contributed by atoms with van der Waals surface area (Å²) in [5.74, 6) is 0. The molecule has 0 spiro atoms. The maximum Gasteiger partial charge on any atom is 0.0606 e. The van der Waals surface area contributed by atoms with E-state index in [9.17, 15) is 0 Å². The average molecular weight is 228 g/mol. The van der Waals surface area contributed by atoms with Gasteiger partial charge in [0.05, 0.1) is 7.85 Å². The van der Waals surface area contributed by atoms with Crippen LogP contribution in [0.15, 0.2) is 60.7 Å². The van der Waals surface area contributed by atoms with Gasteiger partial charge in [-0.2, -0.15) is 0 Å². The summed E-state index contributed by atoms with van der Waals surface area (Å²) < 4.78 is 0. The molecule has 0 bridgehead atoms. The Balaban J connectivity index is 0.000000478. The van der Waals surface area contributed by atoms with Crippen LogP contribution in [0.3, 0.4) is 0 Å². The highest BCUT2D eigenvalue weighted by Gasteiger charge is 2.05. The van der Waals surface area contributed by atoms with Crippen molar-refractivity contribution < 1.29 is 0 Å². The third kappa shape index (κ3) is 1.47. The van der Waals surface area contributed by atoms with Crippen molar-refractivity contribution in [1.82, 2.24) is 0 Å². The molecule has 18 heavy (non-hydrogen) atoms. The Morgan fingerprint density at radius 3 is 1.06 bits per heavy atom. The van der Waals surface area contributed by atoms with E-state index in [0.29, 0.717) is 0 Å². The van der Waals surface area contributed by atoms with Crippen LogP contribution in [-0.4, -0.2) is 7.85 Å². The predicted octanol–water partition coefficient (Wildman–Crippen LogP) is 4.79. The third-order valence-electron chi connectivity index (χ3n) is 3.39. The second-order valence-electron chi connectivity index (χ2n) is 4.29. The molecule has 0 unspecified atom stereocenters. The molecule has 0 amide bonds. The van der Waals surface area contributed by atoms with Gasteiger partial charge in [-0.3, -0.25) is 0 Å². The van der Waals surface area contributed by atoms with Gasteiger partial charge in [-0.05, 0) is 32.3 Å². The Morgan fingerprint density at radius 1 is 0.500 bits per heavy atom. The smallest absolute Gasteiger partial charge is 0.0606 e. The van der Waals surface area contributed by atoms with Crippen LogP contribution in [0, 0.1) is 0 Å². The molecule has 0 nitrogen and oxygen atoms in total. The lowest BCUT2D eigenvalue weighted by Crippen LogP contribution is -1.82. The molecule has 4 rings (SSSR count). The zero-order chi connectivity index (χ0) is 12.5. The molecule has 2 radical (unpaired) electrons. The summed E-state index contributed by atoms with van der Waals surface area (Å²) in [7, 11) is 4.50. The molecule has 0 saturated heterocycles. The van der Waals surface area contributed by atoms with Crippen LogP contribution in [0.5, 0.6) is 0 Å². The van der Waals surface area contributed by atoms with E-state index in [4.69, 9.17) is 0 Å². The van der Waals surface area contributed by atoms with Crippen LogP contribution in [0.1, 0.15) is 0 Å². The first-order chi connectivity index (χ1) is 8.93. The van der Waals surface area contributed by atoms with Gasteiger partial charge in [0, 0.05) is 0 Å². The van der Waals surface area contributed by atoms with Gasteiger partial charge in [0.15, 0.2) is 0 Å². The minimum atomic E-state index is 1.34. The summed E-state index contributed by atoms with van der Waals surface area (Å²) in [6, 6.07) is 21.9. The molecule has 0 heterocycles. The van der Waals surface area contributed by atoms with E-state index in [2.05, 4.69) is 68.5 Å². The minimum absolute atomic E-state index is 1.34. The van der Waals surface area contributed by atoms with Crippen molar-refractivity contribution in [3.8, 4) is 0 Å². The zero-order valence-corrected chi connectivity index (χ0v) is 10.4. The molecule has 1 heteroatoms. The SMILES string of the molecule is [B]C.c1cc2ccc3cccc4ccc(c1)c2c34. The first-order valence-corrected chi connectivity index (χ1v) is 6.14. The first-order valence-electron chi connectivity index (χ1n) is 6.14. The van der Waals surface area contributed by atoms with Gasteiger partial charge >= 0.3 is 0 Å². The highest BCUT2D eigenvalue weighted by molar-refractivity contribution is 6.22. The molecule has 84 valence electrons. The standard InChI is InChI=1S/C16H10.CH3B/c1-3-11-7-9-13-5-2-6-14-10-8-12(4-1)15(11)16(13)14;1-2/h1-10H;1H3. The largest absolute Gasteiger partial charge is 0.0999 e. The number of rotatable bonds is 0. The predicted molar refractivity (Wildman–Crippen MR) is 81.8 cm³/mol. The maximum absolute atomic E-state index is 4.50. The van der Waals surface area contributed by atoms with Gasteiger partial charge < -0.3 is 0 Å². The van der Waals surface area contributed by atoms with Gasteiger partial charge in [-0.15, -0.1) is 0 Å². The molecular formula is C17H13B. The van der Waals surface area contributed by atoms with E-state index >= 15 is 0 Å². The Morgan fingerprint density at radius 2 is 0.778 bits per heavy atom. The summed E-state index contributed by atoms with van der Waals surface area (Å²) >= 11 is 0. The maximum atomic E-state index is 4.50. The molecular weight excluding hydrogens is 215 g/mol. The van der Waals surface area contributed by atoms with Crippen molar-refractivity contribution in [1.29, 1.82) is 0 Å². The van der Waals surface area contributed by atoms with Gasteiger partial charge in [0.25, 0.3) is 0 Å². The van der Waals surface area contributed by atoms with Crippen molar-refractivity contribution >= 4 is 40.2 Å². The van der Waals surface area contributed by atoms with Crippen molar-refractivity contribution in [2.24, 2.45) is 0 Å². The van der Waals surface area contributed by atoms with Crippen molar-refractivity contribution in [2.45, 2.75) is 6.82 Å². The Bertz CT molecular complexity index is 672. The molecule has 0 aromatic heterocycles. The fourth-order valence-corrected chi connectivity index (χ4v) is 2.67. The number of benzene rings is 4. The van der Waals surface area contributed by atoms with Crippen molar-refractivity contribution in [3.05, 3.63) is 60.7 Å². The van der Waals surface area contributed by atoms with Crippen molar-refractivity contribution in [3.63, 3.8) is 0 Å². The second-order valence-corrected chi connectivity index (χ2v) is 4.29. The van der Waals surface area contributed by atoms with Crippen molar-refractivity contribution in [2.75, 3.05) is 0 Å². The lowest BCUT2D eigenvalue weighted by molar-refractivity contribution is 1.78. The molecule has 0 aliphatic rings. The Kier molecular flexibility index (Phi) is 2.68. The lowest BCUT2D eigenvalue weighted by Gasteiger charge is -2.09. The normalized spacial score (nSPS) is 10.7. The summed E-state index contributed by atoms with van der Waals surface area (Å²) in [5.41, 5.74) is 0. The summed E-state index contributed by atoms with van der Waals surface area (Å²) in [4.78, 5) is 0. The second kappa shape index (κ2) is 4.34. The molecule has 0 aliphatic carbocycles. The molecule has 0 N–H and O–H groups in total. The Hall–Kier alpha value is -2.02. The van der Waals surface area contributed by atoms with Gasteiger partial charge in [-0.25, -0.2) is 0 Å². The van der Waals surface area contributed by atoms with Gasteiger partial charge in [0.1, 0.15) is 0 Å². The van der Waals surface area contributed by atoms with Gasteiger partial charge in [0.2, 0.25) is 0 Å². The van der Waals surface area contributed by atoms with E-state index in [1.165, 1.54) is 39.1 Å². The monoisotopic (exact) mass is 228 g/mol. The van der Waals surface area contributed by atoms with Crippen LogP contribution >= 0.6 is 0 Å². The minimum Gasteiger partial charge on any atom is -0.0999 e. The lowest BCUT2D eigenvalue weighted by atomic mass is 9.95. The van der Waals surface area contributed by atoms with Crippen LogP contribution in [0.25, 0.3) is 32.3 Å². The number of hydrogen-bond donors (Lipinski definition) is 0. The quantitative estimate of drug-likeness (QED) is 0.300. The van der Waals surface area contributed by atoms with E-state index < -0.39 is 0 Å². The van der Waals surface area contributed by atoms with Crippen LogP contribution in [0.2, 0.25) is 6.82 Å². The Labute approximate surface area is 108 Å².